The van der Waals surface area contributed by atoms with Gasteiger partial charge in [-0.25, -0.2) is 24.1 Å². The largest absolute Gasteiger partial charge is 0.494 e. The number of nitrogens with zero attached hydrogens (tertiary/aromatic N) is 9. The number of piperazine rings is 2. The van der Waals surface area contributed by atoms with Crippen molar-refractivity contribution in [1.82, 2.24) is 70.8 Å². The van der Waals surface area contributed by atoms with Crippen molar-refractivity contribution in [3.8, 4) is 11.1 Å². The number of hydrogen-bond donors (Lipinski definition) is 7. The zero-order chi connectivity index (χ0) is 90.3. The summed E-state index contributed by atoms with van der Waals surface area (Å²) >= 11 is 3.49. The van der Waals surface area contributed by atoms with Crippen LogP contribution in [0.3, 0.4) is 0 Å². The van der Waals surface area contributed by atoms with Gasteiger partial charge in [-0.1, -0.05) is 103 Å². The number of hydrogen-bond acceptors (Lipinski definition) is 19. The number of fused-ring (bicyclic) bond motifs is 2. The second-order valence-electron chi connectivity index (χ2n) is 36.0. The van der Waals surface area contributed by atoms with Crippen molar-refractivity contribution >= 4 is 91.7 Å². The molecule has 2 atom stereocenters. The molecule has 674 valence electrons. The van der Waals surface area contributed by atoms with E-state index >= 15 is 0 Å². The zero-order valence-corrected chi connectivity index (χ0v) is 78.3. The van der Waals surface area contributed by atoms with Crippen LogP contribution in [0.1, 0.15) is 213 Å². The van der Waals surface area contributed by atoms with Crippen LogP contribution in [0, 0.1) is 13.8 Å². The molecule has 0 aliphatic carbocycles. The second-order valence-corrected chi connectivity index (χ2v) is 36.9. The van der Waals surface area contributed by atoms with Gasteiger partial charge in [-0.3, -0.25) is 29.0 Å². The number of pyridine rings is 2. The van der Waals surface area contributed by atoms with Crippen LogP contribution in [0.4, 0.5) is 16.2 Å². The maximum absolute atomic E-state index is 13.6. The normalized spacial score (nSPS) is 17.4. The third-order valence-corrected chi connectivity index (χ3v) is 25.4. The molecular formula is C99H128BBrN16O10. The number of anilines is 2. The van der Waals surface area contributed by atoms with Crippen molar-refractivity contribution in [2.24, 2.45) is 0 Å². The first-order chi connectivity index (χ1) is 60.9. The van der Waals surface area contributed by atoms with Crippen LogP contribution in [-0.4, -0.2) is 188 Å². The summed E-state index contributed by atoms with van der Waals surface area (Å²) in [6, 6.07) is 44.4. The van der Waals surface area contributed by atoms with E-state index in [1.807, 2.05) is 72.6 Å². The number of ether oxygens (including phenoxy) is 3. The van der Waals surface area contributed by atoms with E-state index in [0.29, 0.717) is 87.1 Å². The summed E-state index contributed by atoms with van der Waals surface area (Å²) in [4.78, 5) is 82.5. The molecular weight excluding hydrogens is 1660 g/mol. The molecule has 6 aromatic carbocycles. The third kappa shape index (κ3) is 24.1. The highest BCUT2D eigenvalue weighted by Gasteiger charge is 2.52. The molecule has 0 radical (unpaired) electrons. The molecule has 15 rings (SSSR count). The van der Waals surface area contributed by atoms with E-state index in [1.54, 1.807) is 48.5 Å². The van der Waals surface area contributed by atoms with E-state index < -0.39 is 5.60 Å². The fourth-order valence-electron chi connectivity index (χ4n) is 16.9. The van der Waals surface area contributed by atoms with Crippen molar-refractivity contribution in [2.75, 3.05) is 76.3 Å². The molecule has 5 saturated heterocycles. The minimum Gasteiger partial charge on any atom is -0.444 e. The highest BCUT2D eigenvalue weighted by molar-refractivity contribution is 9.10. The number of nitrogens with one attached hydrogen (secondary N) is 7. The number of carbonyl (C=O) groups excluding carboxylic acids is 5. The highest BCUT2D eigenvalue weighted by Crippen LogP contribution is 2.38. The molecule has 28 heteroatoms. The molecule has 127 heavy (non-hydrogen) atoms. The van der Waals surface area contributed by atoms with Gasteiger partial charge in [0, 0.05) is 191 Å². The number of aryl methyl sites for hydroxylation is 6. The molecule has 0 bridgehead atoms. The molecule has 4 aromatic heterocycles. The first-order valence-electron chi connectivity index (χ1n) is 45.3. The van der Waals surface area contributed by atoms with Gasteiger partial charge >= 0.3 is 13.2 Å². The fourth-order valence-corrected chi connectivity index (χ4v) is 17.3. The lowest BCUT2D eigenvalue weighted by Crippen LogP contribution is -2.54. The molecule has 5 fully saturated rings. The summed E-state index contributed by atoms with van der Waals surface area (Å²) in [6.45, 7) is 43.5. The summed E-state index contributed by atoms with van der Waals surface area (Å²) in [5, 5.41) is 34.4. The maximum Gasteiger partial charge on any atom is 0.494 e. The van der Waals surface area contributed by atoms with Gasteiger partial charge < -0.3 is 65.6 Å². The molecule has 5 amide bonds. The van der Waals surface area contributed by atoms with Gasteiger partial charge in [0.25, 0.3) is 23.6 Å². The van der Waals surface area contributed by atoms with E-state index in [4.69, 9.17) is 33.5 Å². The second kappa shape index (κ2) is 42.7. The summed E-state index contributed by atoms with van der Waals surface area (Å²) in [5.74, 6) is -0.973. The van der Waals surface area contributed by atoms with Gasteiger partial charge in [0.1, 0.15) is 5.60 Å². The van der Waals surface area contributed by atoms with Crippen LogP contribution in [0.15, 0.2) is 150 Å². The SMILES string of the molecule is CCc1nc2c(cnn2CC)c(NC2CCOCC2)c1CNC(=O)c1cccc(C(=O)NCc2cc(-c3cccc(CN4CCN[C@@H](C)C4)c3)ccc2C)c1.CCc1nc2c(cnn2CC)c(NC2CCOCC2)c1CNC(=O)c1cccc(C(=O)NCc2cc(Br)ccc2C)c1.C[C@H]1CN(Cc2cccc(B3OC(C)(C)C(C)(C)O3)c2)CCN1C(=O)OC(C)(C)C. The molecule has 7 N–H and O–H groups in total. The minimum atomic E-state index is -0.470. The Balaban J connectivity index is 0.000000171. The summed E-state index contributed by atoms with van der Waals surface area (Å²) in [6.07, 6.45) is 8.56. The summed E-state index contributed by atoms with van der Waals surface area (Å²) in [7, 11) is -0.349. The first-order valence-corrected chi connectivity index (χ1v) is 46.1. The van der Waals surface area contributed by atoms with Crippen molar-refractivity contribution in [3.63, 3.8) is 0 Å². The zero-order valence-electron chi connectivity index (χ0n) is 76.7. The average Bonchev–Trinajstić information content (AvgIpc) is 1.53. The first kappa shape index (κ1) is 94.2. The number of rotatable bonds is 26. The standard InChI is InChI=1S/C44H54N8O3.C32H37BrN6O3.C23H37BN2O4/c1-5-40-38(41(49-37-15-19-55-20-16-37)39-26-48-52(6-2)42(39)50-40)25-47-44(54)35-12-8-11-34(23-35)43(53)46-24-36-22-33(14-13-29(36)3)32-10-7-9-31(21-32)28-51-18-17-45-30(4)27-51;1-4-28-26(29(37-25-11-13-42-14-12-25)27-19-36-39(5-2)30(27)38-28)18-35-32(41)22-8-6-7-21(15-22)31(40)34-17-23-16-24(33)10-9-20(23)3;1-17-15-25(12-13-26(17)20(27)28-21(2,3)4)16-18-10-9-11-19(14-18)24-29-22(5,6)23(7,8)30-24/h7-14,21-23,26,30,37,45H,5-6,15-20,24-25,27-28H2,1-4H3,(H,46,53)(H,47,54)(H,49,50);6-10,15-16,19,25H,4-5,11-14,17-18H2,1-3H3,(H,34,40)(H,35,41)(H,37,38);9-11,14,17H,12-13,15-16H2,1-8H3/t30-;;17-/m0.0/s1. The smallest absolute Gasteiger partial charge is 0.444 e. The van der Waals surface area contributed by atoms with Gasteiger partial charge in [-0.2, -0.15) is 10.2 Å². The number of carbonyl (C=O) groups is 5. The van der Waals surface area contributed by atoms with Gasteiger partial charge in [0.05, 0.1) is 45.7 Å². The molecule has 26 nitrogen and oxygen atoms in total. The predicted molar refractivity (Wildman–Crippen MR) is 506 cm³/mol. The van der Waals surface area contributed by atoms with Crippen LogP contribution in [0.2, 0.25) is 0 Å². The average molecular weight is 1790 g/mol. The summed E-state index contributed by atoms with van der Waals surface area (Å²) in [5.41, 5.74) is 18.1. The molecule has 10 aromatic rings. The topological polar surface area (TPSA) is 287 Å². The van der Waals surface area contributed by atoms with Crippen LogP contribution in [0.5, 0.6) is 0 Å². The van der Waals surface area contributed by atoms with E-state index in [-0.39, 0.29) is 72.7 Å². The molecule has 0 unspecified atom stereocenters. The quantitative estimate of drug-likeness (QED) is 0.0248. The Morgan fingerprint density at radius 2 is 1.00 bits per heavy atom. The van der Waals surface area contributed by atoms with Crippen molar-refractivity contribution in [3.05, 3.63) is 228 Å². The van der Waals surface area contributed by atoms with Crippen molar-refractivity contribution in [1.29, 1.82) is 0 Å². The lowest BCUT2D eigenvalue weighted by atomic mass is 9.78. The van der Waals surface area contributed by atoms with Gasteiger partial charge in [0.2, 0.25) is 0 Å². The number of aromatic nitrogens is 6. The predicted octanol–water partition coefficient (Wildman–Crippen LogP) is 15.2. The molecule has 0 saturated carbocycles. The molecule has 0 spiro atoms. The Kier molecular flexibility index (Phi) is 31.6. The van der Waals surface area contributed by atoms with Gasteiger partial charge in [-0.15, -0.1) is 0 Å². The maximum atomic E-state index is 13.6. The van der Waals surface area contributed by atoms with Crippen LogP contribution >= 0.6 is 15.9 Å². The number of halogens is 1. The van der Waals surface area contributed by atoms with E-state index in [0.717, 1.165) is 191 Å². The van der Waals surface area contributed by atoms with Gasteiger partial charge in [-0.05, 0) is 239 Å². The van der Waals surface area contributed by atoms with Crippen LogP contribution < -0.4 is 42.7 Å². The number of benzene rings is 6. The van der Waals surface area contributed by atoms with Crippen molar-refractivity contribution < 1.29 is 47.5 Å². The Morgan fingerprint density at radius 3 is 1.48 bits per heavy atom. The lowest BCUT2D eigenvalue weighted by molar-refractivity contribution is 0.000506. The van der Waals surface area contributed by atoms with E-state index in [1.165, 1.54) is 11.1 Å². The monoisotopic (exact) mass is 1790 g/mol. The van der Waals surface area contributed by atoms with E-state index in [9.17, 15) is 24.0 Å². The lowest BCUT2D eigenvalue weighted by Gasteiger charge is -2.40. The fraction of sp³-hybridized carbons (Fsp3) is 0.465. The Morgan fingerprint density at radius 1 is 0.543 bits per heavy atom. The number of amides is 5. The Bertz CT molecular complexity index is 5510. The molecule has 5 aliphatic heterocycles. The van der Waals surface area contributed by atoms with Crippen molar-refractivity contribution in [2.45, 2.75) is 236 Å². The van der Waals surface area contributed by atoms with Gasteiger partial charge in [0.15, 0.2) is 11.3 Å². The van der Waals surface area contributed by atoms with E-state index in [2.05, 4.69) is 216 Å². The van der Waals surface area contributed by atoms with Crippen LogP contribution in [-0.2, 0) is 88.7 Å². The third-order valence-electron chi connectivity index (χ3n) is 24.9. The summed E-state index contributed by atoms with van der Waals surface area (Å²) < 4.78 is 33.9. The Hall–Kier alpha value is -10.4. The van der Waals surface area contributed by atoms with Crippen LogP contribution in [0.25, 0.3) is 33.2 Å². The molecule has 9 heterocycles. The highest BCUT2D eigenvalue weighted by atomic mass is 79.9. The minimum absolute atomic E-state index is 0.111. The molecule has 5 aliphatic rings. The Labute approximate surface area is 757 Å².